The van der Waals surface area contributed by atoms with Gasteiger partial charge >= 0.3 is 0 Å². The van der Waals surface area contributed by atoms with Crippen LogP contribution in [0.2, 0.25) is 0 Å². The number of rotatable bonds is 3. The van der Waals surface area contributed by atoms with Gasteiger partial charge in [0.15, 0.2) is 0 Å². The first-order valence-electron chi connectivity index (χ1n) is 12.6. The van der Waals surface area contributed by atoms with E-state index >= 15 is 0 Å². The molecule has 0 saturated heterocycles. The number of hydrogen-bond acceptors (Lipinski definition) is 2. The van der Waals surface area contributed by atoms with Gasteiger partial charge in [-0.15, -0.1) is 0 Å². The Morgan fingerprint density at radius 2 is 1.41 bits per heavy atom. The summed E-state index contributed by atoms with van der Waals surface area (Å²) in [4.78, 5) is 13.9. The van der Waals surface area contributed by atoms with Crippen LogP contribution < -0.4 is 5.32 Å². The van der Waals surface area contributed by atoms with E-state index in [0.29, 0.717) is 0 Å². The zero-order valence-electron chi connectivity index (χ0n) is 19.3. The maximum absolute atomic E-state index is 13.9. The third kappa shape index (κ3) is 2.99. The predicted octanol–water partition coefficient (Wildman–Crippen LogP) is 7.52. The van der Waals surface area contributed by atoms with Crippen LogP contribution in [0.25, 0.3) is 32.7 Å². The van der Waals surface area contributed by atoms with E-state index in [0.717, 1.165) is 75.4 Å². The molecule has 0 atom stereocenters. The van der Waals surface area contributed by atoms with E-state index in [1.807, 2.05) is 36.4 Å². The van der Waals surface area contributed by atoms with E-state index in [9.17, 15) is 9.90 Å². The lowest BCUT2D eigenvalue weighted by atomic mass is 9.49. The van der Waals surface area contributed by atoms with Crippen LogP contribution in [0.15, 0.2) is 72.8 Å². The van der Waals surface area contributed by atoms with Gasteiger partial charge in [0, 0.05) is 16.6 Å². The molecule has 170 valence electrons. The summed E-state index contributed by atoms with van der Waals surface area (Å²) in [6.45, 7) is 0. The van der Waals surface area contributed by atoms with Gasteiger partial charge in [-0.25, -0.2) is 0 Å². The molecule has 4 fully saturated rings. The molecule has 4 saturated carbocycles. The molecule has 3 heteroatoms. The number of carbonyl (C=O) groups excluding carboxylic acids is 1. The topological polar surface area (TPSA) is 49.3 Å². The Balaban J connectivity index is 1.36. The first-order chi connectivity index (χ1) is 16.6. The first kappa shape index (κ1) is 20.1. The standard InChI is InChI=1S/C31H29NO2/c33-27-12-11-22-5-1-2-8-24(22)29(27)25-9-3-6-23-7-4-10-26(28(23)25)32-30(34)31-16-19-13-20(17-31)15-21(14-19)18-31/h1-12,19-21,33H,13-18H2,(H,32,34). The summed E-state index contributed by atoms with van der Waals surface area (Å²) in [5, 5.41) is 18.5. The van der Waals surface area contributed by atoms with E-state index in [1.165, 1.54) is 19.3 Å². The zero-order chi connectivity index (χ0) is 22.9. The Hall–Kier alpha value is -3.33. The molecular weight excluding hydrogens is 418 g/mol. The number of amides is 1. The summed E-state index contributed by atoms with van der Waals surface area (Å²) in [7, 11) is 0. The minimum Gasteiger partial charge on any atom is -0.507 e. The Kier molecular flexibility index (Phi) is 4.33. The van der Waals surface area contributed by atoms with Crippen LogP contribution in [0.4, 0.5) is 5.69 Å². The van der Waals surface area contributed by atoms with Gasteiger partial charge in [0.25, 0.3) is 0 Å². The highest BCUT2D eigenvalue weighted by Gasteiger charge is 2.54. The van der Waals surface area contributed by atoms with Crippen molar-refractivity contribution in [2.75, 3.05) is 5.32 Å². The molecule has 4 aromatic rings. The second kappa shape index (κ2) is 7.33. The van der Waals surface area contributed by atoms with E-state index in [-0.39, 0.29) is 17.1 Å². The molecule has 0 spiro atoms. The largest absolute Gasteiger partial charge is 0.507 e. The van der Waals surface area contributed by atoms with Gasteiger partial charge in [-0.1, -0.05) is 60.7 Å². The molecule has 0 aliphatic heterocycles. The lowest BCUT2D eigenvalue weighted by molar-refractivity contribution is -0.140. The van der Waals surface area contributed by atoms with Crippen molar-refractivity contribution in [3.63, 3.8) is 0 Å². The minimum absolute atomic E-state index is 0.201. The number of carbonyl (C=O) groups is 1. The van der Waals surface area contributed by atoms with E-state index < -0.39 is 0 Å². The normalized spacial score (nSPS) is 27.4. The van der Waals surface area contributed by atoms with Crippen molar-refractivity contribution in [2.24, 2.45) is 23.2 Å². The highest BCUT2D eigenvalue weighted by atomic mass is 16.3. The van der Waals surface area contributed by atoms with Crippen LogP contribution in [-0.2, 0) is 4.79 Å². The Morgan fingerprint density at radius 1 is 0.765 bits per heavy atom. The van der Waals surface area contributed by atoms with Gasteiger partial charge in [0.05, 0.1) is 5.41 Å². The van der Waals surface area contributed by atoms with Crippen molar-refractivity contribution >= 4 is 33.1 Å². The molecule has 8 rings (SSSR count). The number of fused-ring (bicyclic) bond motifs is 2. The van der Waals surface area contributed by atoms with Crippen molar-refractivity contribution in [2.45, 2.75) is 38.5 Å². The Morgan fingerprint density at radius 3 is 2.15 bits per heavy atom. The summed E-state index contributed by atoms with van der Waals surface area (Å²) in [6.07, 6.45) is 7.12. The van der Waals surface area contributed by atoms with Crippen molar-refractivity contribution in [3.05, 3.63) is 72.8 Å². The van der Waals surface area contributed by atoms with Crippen LogP contribution in [0.1, 0.15) is 38.5 Å². The third-order valence-electron chi connectivity index (χ3n) is 8.85. The maximum atomic E-state index is 13.9. The number of anilines is 1. The first-order valence-corrected chi connectivity index (χ1v) is 12.6. The fraction of sp³-hybridized carbons (Fsp3) is 0.323. The molecule has 4 aromatic carbocycles. The van der Waals surface area contributed by atoms with Gasteiger partial charge in [-0.2, -0.15) is 0 Å². The molecule has 2 N–H and O–H groups in total. The third-order valence-corrected chi connectivity index (χ3v) is 8.85. The zero-order valence-corrected chi connectivity index (χ0v) is 19.3. The van der Waals surface area contributed by atoms with Crippen LogP contribution in [-0.4, -0.2) is 11.0 Å². The summed E-state index contributed by atoms with van der Waals surface area (Å²) in [5.74, 6) is 2.65. The van der Waals surface area contributed by atoms with Crippen LogP contribution in [0.3, 0.4) is 0 Å². The molecule has 0 unspecified atom stereocenters. The number of nitrogens with one attached hydrogen (secondary N) is 1. The maximum Gasteiger partial charge on any atom is 0.230 e. The second-order valence-electron chi connectivity index (χ2n) is 11.0. The highest BCUT2D eigenvalue weighted by molar-refractivity contribution is 6.14. The molecule has 1 amide bonds. The number of phenols is 1. The molecule has 3 nitrogen and oxygen atoms in total. The van der Waals surface area contributed by atoms with Gasteiger partial charge < -0.3 is 10.4 Å². The van der Waals surface area contributed by atoms with Gasteiger partial charge in [0.2, 0.25) is 5.91 Å². The second-order valence-corrected chi connectivity index (χ2v) is 11.0. The summed E-state index contributed by atoms with van der Waals surface area (Å²) in [5.41, 5.74) is 2.42. The van der Waals surface area contributed by atoms with Crippen LogP contribution >= 0.6 is 0 Å². The number of benzene rings is 4. The molecule has 0 heterocycles. The quantitative estimate of drug-likeness (QED) is 0.341. The summed E-state index contributed by atoms with van der Waals surface area (Å²) >= 11 is 0. The molecule has 0 radical (unpaired) electrons. The van der Waals surface area contributed by atoms with Gasteiger partial charge in [-0.3, -0.25) is 4.79 Å². The fourth-order valence-corrected chi connectivity index (χ4v) is 7.84. The SMILES string of the molecule is O=C(Nc1cccc2cccc(-c3c(O)ccc4ccccc34)c12)C12CC3CC(CC(C3)C1)C2. The van der Waals surface area contributed by atoms with Gasteiger partial charge in [0.1, 0.15) is 5.75 Å². The molecule has 4 bridgehead atoms. The van der Waals surface area contributed by atoms with Crippen molar-refractivity contribution in [1.82, 2.24) is 0 Å². The fourth-order valence-electron chi connectivity index (χ4n) is 7.84. The minimum atomic E-state index is -0.201. The van der Waals surface area contributed by atoms with Crippen molar-refractivity contribution < 1.29 is 9.90 Å². The number of aromatic hydroxyl groups is 1. The van der Waals surface area contributed by atoms with Crippen molar-refractivity contribution in [3.8, 4) is 16.9 Å². The summed E-state index contributed by atoms with van der Waals surface area (Å²) < 4.78 is 0. The smallest absolute Gasteiger partial charge is 0.230 e. The number of phenolic OH excluding ortho intramolecular Hbond substituents is 1. The molecule has 4 aliphatic rings. The van der Waals surface area contributed by atoms with Crippen LogP contribution in [0.5, 0.6) is 5.75 Å². The van der Waals surface area contributed by atoms with Crippen LogP contribution in [0, 0.1) is 23.2 Å². The van der Waals surface area contributed by atoms with E-state index in [4.69, 9.17) is 0 Å². The van der Waals surface area contributed by atoms with Gasteiger partial charge in [-0.05, 0) is 90.1 Å². The lowest BCUT2D eigenvalue weighted by Crippen LogP contribution is -2.51. The number of hydrogen-bond donors (Lipinski definition) is 2. The van der Waals surface area contributed by atoms with E-state index in [1.54, 1.807) is 6.07 Å². The Labute approximate surface area is 199 Å². The van der Waals surface area contributed by atoms with Crippen molar-refractivity contribution in [1.29, 1.82) is 0 Å². The molecule has 0 aromatic heterocycles. The van der Waals surface area contributed by atoms with E-state index in [2.05, 4.69) is 35.6 Å². The predicted molar refractivity (Wildman–Crippen MR) is 138 cm³/mol. The summed E-state index contributed by atoms with van der Waals surface area (Å²) in [6, 6.07) is 24.2. The monoisotopic (exact) mass is 447 g/mol. The Bertz CT molecular complexity index is 1410. The average molecular weight is 448 g/mol. The molecule has 34 heavy (non-hydrogen) atoms. The molecule has 4 aliphatic carbocycles. The molecular formula is C31H29NO2. The average Bonchev–Trinajstić information content (AvgIpc) is 2.83. The lowest BCUT2D eigenvalue weighted by Gasteiger charge is -2.55. The highest BCUT2D eigenvalue weighted by Crippen LogP contribution is 2.60.